The van der Waals surface area contributed by atoms with Crippen molar-refractivity contribution in [2.75, 3.05) is 37.2 Å². The van der Waals surface area contributed by atoms with Crippen molar-refractivity contribution in [3.63, 3.8) is 0 Å². The molecule has 1 N–H and O–H groups in total. The monoisotopic (exact) mass is 479 g/mol. The van der Waals surface area contributed by atoms with Crippen LogP contribution in [0.3, 0.4) is 0 Å². The van der Waals surface area contributed by atoms with E-state index in [0.29, 0.717) is 26.8 Å². The number of piperidine rings is 2. The van der Waals surface area contributed by atoms with Gasteiger partial charge in [0.15, 0.2) is 4.34 Å². The summed E-state index contributed by atoms with van der Waals surface area (Å²) in [6.45, 7) is 4.06. The second-order valence-corrected chi connectivity index (χ2v) is 10.5. The first-order valence-corrected chi connectivity index (χ1v) is 12.8. The van der Waals surface area contributed by atoms with E-state index in [0.717, 1.165) is 25.9 Å². The van der Waals surface area contributed by atoms with Crippen molar-refractivity contribution in [3.8, 4) is 0 Å². The Labute approximate surface area is 195 Å². The van der Waals surface area contributed by atoms with E-state index in [9.17, 15) is 9.59 Å². The fraction of sp³-hybridized carbons (Fsp3) is 0.524. The summed E-state index contributed by atoms with van der Waals surface area (Å²) in [5, 5.41) is 11.6. The van der Waals surface area contributed by atoms with Gasteiger partial charge in [-0.3, -0.25) is 9.59 Å². The molecule has 166 valence electrons. The summed E-state index contributed by atoms with van der Waals surface area (Å²) in [5.41, 5.74) is 0.602. The van der Waals surface area contributed by atoms with Gasteiger partial charge >= 0.3 is 0 Å². The Morgan fingerprint density at radius 3 is 2.65 bits per heavy atom. The third kappa shape index (κ3) is 6.19. The van der Waals surface area contributed by atoms with Crippen molar-refractivity contribution in [1.82, 2.24) is 20.0 Å². The molecule has 2 aliphatic rings. The molecule has 2 saturated heterocycles. The van der Waals surface area contributed by atoms with Gasteiger partial charge in [0.1, 0.15) is 0 Å². The van der Waals surface area contributed by atoms with E-state index >= 15 is 0 Å². The minimum atomic E-state index is -0.335. The zero-order valence-corrected chi connectivity index (χ0v) is 19.6. The van der Waals surface area contributed by atoms with Crippen LogP contribution in [0.1, 0.15) is 41.9 Å². The van der Waals surface area contributed by atoms with Gasteiger partial charge in [-0.15, -0.1) is 10.2 Å². The topological polar surface area (TPSA) is 78.4 Å². The molecule has 2 aromatic rings. The summed E-state index contributed by atoms with van der Waals surface area (Å²) in [6, 6.07) is 7.56. The van der Waals surface area contributed by atoms with Crippen LogP contribution in [0.25, 0.3) is 0 Å². The average molecular weight is 480 g/mol. The third-order valence-corrected chi connectivity index (χ3v) is 8.00. The number of amides is 2. The number of likely N-dealkylation sites (tertiary alicyclic amines) is 2. The maximum Gasteiger partial charge on any atom is 0.286 e. The van der Waals surface area contributed by atoms with E-state index in [1.54, 1.807) is 24.3 Å². The molecule has 0 saturated carbocycles. The van der Waals surface area contributed by atoms with Gasteiger partial charge < -0.3 is 15.1 Å². The zero-order valence-electron chi connectivity index (χ0n) is 17.3. The van der Waals surface area contributed by atoms with Crippen LogP contribution in [0.15, 0.2) is 28.6 Å². The van der Waals surface area contributed by atoms with Crippen LogP contribution in [-0.4, -0.2) is 69.8 Å². The SMILES string of the molecule is O=C(Nc1cccc(Cl)c1)c1nnc(SCC(=O)N2CCC(N3CCCCC3)CC2)s1. The predicted octanol–water partition coefficient (Wildman–Crippen LogP) is 4.01. The molecular weight excluding hydrogens is 454 g/mol. The smallest absolute Gasteiger partial charge is 0.286 e. The number of halogens is 1. The number of anilines is 1. The summed E-state index contributed by atoms with van der Waals surface area (Å²) in [5.74, 6) is 0.110. The highest BCUT2D eigenvalue weighted by molar-refractivity contribution is 8.01. The molecule has 7 nitrogen and oxygen atoms in total. The van der Waals surface area contributed by atoms with Crippen molar-refractivity contribution in [2.45, 2.75) is 42.5 Å². The Bertz CT molecular complexity index is 911. The predicted molar refractivity (Wildman–Crippen MR) is 125 cm³/mol. The fourth-order valence-corrected chi connectivity index (χ4v) is 5.93. The van der Waals surface area contributed by atoms with E-state index in [1.165, 1.54) is 55.5 Å². The van der Waals surface area contributed by atoms with E-state index in [2.05, 4.69) is 20.4 Å². The van der Waals surface area contributed by atoms with Crippen LogP contribution < -0.4 is 5.32 Å². The Morgan fingerprint density at radius 2 is 1.90 bits per heavy atom. The number of carbonyl (C=O) groups is 2. The Hall–Kier alpha value is -1.68. The van der Waals surface area contributed by atoms with Crippen LogP contribution in [0.2, 0.25) is 5.02 Å². The minimum absolute atomic E-state index is 0.127. The summed E-state index contributed by atoms with van der Waals surface area (Å²) in [4.78, 5) is 29.5. The lowest BCUT2D eigenvalue weighted by molar-refractivity contribution is -0.129. The second kappa shape index (κ2) is 10.8. The van der Waals surface area contributed by atoms with E-state index in [1.807, 2.05) is 4.90 Å². The average Bonchev–Trinajstić information content (AvgIpc) is 3.27. The molecule has 0 bridgehead atoms. The number of nitrogens with zero attached hydrogens (tertiary/aromatic N) is 4. The lowest BCUT2D eigenvalue weighted by atomic mass is 10.00. The molecule has 0 unspecified atom stereocenters. The molecule has 1 aromatic heterocycles. The lowest BCUT2D eigenvalue weighted by Gasteiger charge is -2.40. The molecule has 0 radical (unpaired) electrons. The minimum Gasteiger partial charge on any atom is -0.342 e. The van der Waals surface area contributed by atoms with Gasteiger partial charge in [-0.05, 0) is 57.0 Å². The number of carbonyl (C=O) groups excluding carboxylic acids is 2. The van der Waals surface area contributed by atoms with E-state index in [4.69, 9.17) is 11.6 Å². The van der Waals surface area contributed by atoms with Gasteiger partial charge in [-0.25, -0.2) is 0 Å². The van der Waals surface area contributed by atoms with E-state index < -0.39 is 0 Å². The normalized spacial score (nSPS) is 18.2. The molecular formula is C21H26ClN5O2S2. The Kier molecular flexibility index (Phi) is 7.81. The number of nitrogens with one attached hydrogen (secondary N) is 1. The number of hydrogen-bond donors (Lipinski definition) is 1. The van der Waals surface area contributed by atoms with Crippen molar-refractivity contribution < 1.29 is 9.59 Å². The molecule has 3 heterocycles. The Balaban J connectivity index is 1.22. The van der Waals surface area contributed by atoms with Gasteiger partial charge in [-0.1, -0.05) is 47.2 Å². The number of benzene rings is 1. The fourth-order valence-electron chi connectivity index (χ4n) is 4.09. The van der Waals surface area contributed by atoms with Gasteiger partial charge in [0.05, 0.1) is 5.75 Å². The van der Waals surface area contributed by atoms with Crippen molar-refractivity contribution >= 4 is 52.2 Å². The number of aromatic nitrogens is 2. The summed E-state index contributed by atoms with van der Waals surface area (Å²) in [7, 11) is 0. The highest BCUT2D eigenvalue weighted by Gasteiger charge is 2.27. The first kappa shape index (κ1) is 22.5. The largest absolute Gasteiger partial charge is 0.342 e. The van der Waals surface area contributed by atoms with Gasteiger partial charge in [0, 0.05) is 29.8 Å². The standard InChI is InChI=1S/C21H26ClN5O2S2/c22-15-5-4-6-16(13-15)23-19(29)20-24-25-21(31-20)30-14-18(28)27-11-7-17(8-12-27)26-9-2-1-3-10-26/h4-6,13,17H,1-3,7-12,14H2,(H,23,29). The first-order valence-electron chi connectivity index (χ1n) is 10.6. The molecule has 0 spiro atoms. The van der Waals surface area contributed by atoms with Crippen LogP contribution in [0.5, 0.6) is 0 Å². The zero-order chi connectivity index (χ0) is 21.6. The highest BCUT2D eigenvalue weighted by Crippen LogP contribution is 2.25. The highest BCUT2D eigenvalue weighted by atomic mass is 35.5. The molecule has 2 fully saturated rings. The first-order chi connectivity index (χ1) is 15.1. The third-order valence-electron chi connectivity index (χ3n) is 5.73. The van der Waals surface area contributed by atoms with Crippen molar-refractivity contribution in [1.29, 1.82) is 0 Å². The molecule has 2 amide bonds. The molecule has 31 heavy (non-hydrogen) atoms. The maximum atomic E-state index is 12.6. The van der Waals surface area contributed by atoms with E-state index in [-0.39, 0.29) is 16.8 Å². The molecule has 0 atom stereocenters. The molecule has 2 aliphatic heterocycles. The van der Waals surface area contributed by atoms with Gasteiger partial charge in [0.2, 0.25) is 10.9 Å². The lowest BCUT2D eigenvalue weighted by Crippen LogP contribution is -2.48. The van der Waals surface area contributed by atoms with Crippen LogP contribution in [0, 0.1) is 0 Å². The molecule has 10 heteroatoms. The van der Waals surface area contributed by atoms with Crippen molar-refractivity contribution in [3.05, 3.63) is 34.3 Å². The molecule has 0 aliphatic carbocycles. The van der Waals surface area contributed by atoms with Crippen LogP contribution in [-0.2, 0) is 4.79 Å². The van der Waals surface area contributed by atoms with Crippen LogP contribution >= 0.6 is 34.7 Å². The summed E-state index contributed by atoms with van der Waals surface area (Å²) >= 11 is 8.47. The number of hydrogen-bond acceptors (Lipinski definition) is 7. The van der Waals surface area contributed by atoms with Crippen LogP contribution in [0.4, 0.5) is 5.69 Å². The number of thioether (sulfide) groups is 1. The number of rotatable bonds is 6. The quantitative estimate of drug-likeness (QED) is 0.630. The van der Waals surface area contributed by atoms with Crippen molar-refractivity contribution in [2.24, 2.45) is 0 Å². The molecule has 1 aromatic carbocycles. The summed E-state index contributed by atoms with van der Waals surface area (Å²) in [6.07, 6.45) is 6.07. The maximum absolute atomic E-state index is 12.6. The van der Waals surface area contributed by atoms with Gasteiger partial charge in [0.25, 0.3) is 5.91 Å². The molecule has 4 rings (SSSR count). The second-order valence-electron chi connectivity index (χ2n) is 7.83. The Morgan fingerprint density at radius 1 is 1.13 bits per heavy atom. The summed E-state index contributed by atoms with van der Waals surface area (Å²) < 4.78 is 0.618. The van der Waals surface area contributed by atoms with Gasteiger partial charge in [-0.2, -0.15) is 0 Å².